The minimum absolute atomic E-state index is 0.218. The number of thiophene rings is 1. The van der Waals surface area contributed by atoms with Crippen molar-refractivity contribution in [2.24, 2.45) is 17.6 Å². The molecular formula is C11H16BrNS. The molecule has 1 saturated carbocycles. The molecule has 1 aliphatic carbocycles. The van der Waals surface area contributed by atoms with Gasteiger partial charge in [-0.3, -0.25) is 0 Å². The molecule has 2 rings (SSSR count). The highest BCUT2D eigenvalue weighted by Gasteiger charge is 2.33. The predicted octanol–water partition coefficient (Wildman–Crippen LogP) is 3.86. The van der Waals surface area contributed by atoms with Crippen LogP contribution in [-0.2, 0) is 0 Å². The van der Waals surface area contributed by atoms with E-state index in [2.05, 4.69) is 35.8 Å². The third-order valence-electron chi connectivity index (χ3n) is 3.07. The maximum Gasteiger partial charge on any atom is 0.0429 e. The summed E-state index contributed by atoms with van der Waals surface area (Å²) in [5, 5.41) is 0. The molecule has 1 nitrogen and oxygen atoms in total. The van der Waals surface area contributed by atoms with Crippen molar-refractivity contribution in [2.45, 2.75) is 32.7 Å². The van der Waals surface area contributed by atoms with Crippen LogP contribution in [0, 0.1) is 18.8 Å². The number of nitrogens with two attached hydrogens (primary N) is 1. The Kier molecular flexibility index (Phi) is 3.01. The summed E-state index contributed by atoms with van der Waals surface area (Å²) < 4.78 is 1.19. The van der Waals surface area contributed by atoms with Crippen molar-refractivity contribution in [3.63, 3.8) is 0 Å². The van der Waals surface area contributed by atoms with Crippen LogP contribution in [0.5, 0.6) is 0 Å². The third kappa shape index (κ3) is 2.05. The number of hydrogen-bond donors (Lipinski definition) is 1. The van der Waals surface area contributed by atoms with Crippen molar-refractivity contribution in [1.29, 1.82) is 0 Å². The molecule has 3 heteroatoms. The largest absolute Gasteiger partial charge is 0.323 e. The quantitative estimate of drug-likeness (QED) is 0.889. The Labute approximate surface area is 97.8 Å². The van der Waals surface area contributed by atoms with Gasteiger partial charge in [0.05, 0.1) is 0 Å². The molecule has 0 spiro atoms. The molecule has 1 aromatic rings. The Balaban J connectivity index is 2.16. The molecule has 1 aromatic heterocycles. The molecule has 0 aromatic carbocycles. The SMILES string of the molecule is Cc1cc(Br)c(C(N)C(C)C2CC2)s1. The number of aryl methyl sites for hydroxylation is 1. The van der Waals surface area contributed by atoms with Crippen LogP contribution in [0.2, 0.25) is 0 Å². The van der Waals surface area contributed by atoms with Crippen molar-refractivity contribution >= 4 is 27.3 Å². The molecule has 0 bridgehead atoms. The van der Waals surface area contributed by atoms with Gasteiger partial charge in [0.2, 0.25) is 0 Å². The third-order valence-corrected chi connectivity index (χ3v) is 5.14. The molecule has 1 heterocycles. The first kappa shape index (κ1) is 10.7. The molecule has 14 heavy (non-hydrogen) atoms. The van der Waals surface area contributed by atoms with Gasteiger partial charge in [0.25, 0.3) is 0 Å². The molecule has 1 aliphatic rings. The van der Waals surface area contributed by atoms with Crippen LogP contribution in [0.1, 0.15) is 35.6 Å². The summed E-state index contributed by atoms with van der Waals surface area (Å²) in [7, 11) is 0. The molecule has 2 unspecified atom stereocenters. The standard InChI is InChI=1S/C11H16BrNS/c1-6-5-9(12)11(14-6)10(13)7(2)8-3-4-8/h5,7-8,10H,3-4,13H2,1-2H3. The fourth-order valence-electron chi connectivity index (χ4n) is 1.88. The maximum absolute atomic E-state index is 6.27. The molecule has 0 amide bonds. The van der Waals surface area contributed by atoms with Gasteiger partial charge in [-0.2, -0.15) is 0 Å². The van der Waals surface area contributed by atoms with Gasteiger partial charge in [0.1, 0.15) is 0 Å². The van der Waals surface area contributed by atoms with Crippen LogP contribution in [0.4, 0.5) is 0 Å². The van der Waals surface area contributed by atoms with E-state index < -0.39 is 0 Å². The lowest BCUT2D eigenvalue weighted by molar-refractivity contribution is 0.421. The van der Waals surface area contributed by atoms with E-state index in [0.29, 0.717) is 5.92 Å². The second kappa shape index (κ2) is 3.95. The highest BCUT2D eigenvalue weighted by Crippen LogP contribution is 2.44. The highest BCUT2D eigenvalue weighted by molar-refractivity contribution is 9.10. The lowest BCUT2D eigenvalue weighted by atomic mass is 9.96. The summed E-state index contributed by atoms with van der Waals surface area (Å²) >= 11 is 5.41. The van der Waals surface area contributed by atoms with Gasteiger partial charge < -0.3 is 5.73 Å². The van der Waals surface area contributed by atoms with Crippen LogP contribution >= 0.6 is 27.3 Å². The smallest absolute Gasteiger partial charge is 0.0429 e. The van der Waals surface area contributed by atoms with Gasteiger partial charge in [-0.15, -0.1) is 11.3 Å². The van der Waals surface area contributed by atoms with Crippen LogP contribution < -0.4 is 5.73 Å². The number of hydrogen-bond acceptors (Lipinski definition) is 2. The van der Waals surface area contributed by atoms with Crippen molar-refractivity contribution < 1.29 is 0 Å². The van der Waals surface area contributed by atoms with Gasteiger partial charge in [0.15, 0.2) is 0 Å². The van der Waals surface area contributed by atoms with Gasteiger partial charge in [0, 0.05) is 20.3 Å². The fourth-order valence-corrected chi connectivity index (χ4v) is 3.92. The van der Waals surface area contributed by atoms with E-state index in [1.807, 2.05) is 11.3 Å². The summed E-state index contributed by atoms with van der Waals surface area (Å²) in [5.41, 5.74) is 6.27. The van der Waals surface area contributed by atoms with Crippen molar-refractivity contribution in [3.05, 3.63) is 20.3 Å². The molecule has 0 saturated heterocycles. The lowest BCUT2D eigenvalue weighted by Crippen LogP contribution is -2.19. The Morgan fingerprint density at radius 3 is 2.64 bits per heavy atom. The summed E-state index contributed by atoms with van der Waals surface area (Å²) in [4.78, 5) is 2.66. The van der Waals surface area contributed by atoms with E-state index in [1.165, 1.54) is 27.1 Å². The lowest BCUT2D eigenvalue weighted by Gasteiger charge is -2.18. The molecule has 78 valence electrons. The van der Waals surface area contributed by atoms with Crippen molar-refractivity contribution in [2.75, 3.05) is 0 Å². The first-order valence-electron chi connectivity index (χ1n) is 5.11. The van der Waals surface area contributed by atoms with E-state index in [4.69, 9.17) is 5.73 Å². The Bertz CT molecular complexity index is 330. The predicted molar refractivity (Wildman–Crippen MR) is 65.6 cm³/mol. The molecule has 0 aliphatic heterocycles. The van der Waals surface area contributed by atoms with Crippen LogP contribution in [0.3, 0.4) is 0 Å². The average molecular weight is 274 g/mol. The fraction of sp³-hybridized carbons (Fsp3) is 0.636. The Morgan fingerprint density at radius 1 is 1.57 bits per heavy atom. The monoisotopic (exact) mass is 273 g/mol. The summed E-state index contributed by atoms with van der Waals surface area (Å²) in [6, 6.07) is 2.38. The zero-order valence-corrected chi connectivity index (χ0v) is 11.0. The average Bonchev–Trinajstić information content (AvgIpc) is 2.90. The summed E-state index contributed by atoms with van der Waals surface area (Å²) in [5.74, 6) is 1.50. The van der Waals surface area contributed by atoms with Crippen molar-refractivity contribution in [1.82, 2.24) is 0 Å². The topological polar surface area (TPSA) is 26.0 Å². The normalized spacial score (nSPS) is 20.9. The zero-order chi connectivity index (χ0) is 10.3. The molecule has 2 atom stereocenters. The van der Waals surface area contributed by atoms with E-state index in [1.54, 1.807) is 0 Å². The Hall–Kier alpha value is 0.140. The summed E-state index contributed by atoms with van der Waals surface area (Å²) in [6.45, 7) is 4.41. The second-order valence-corrected chi connectivity index (χ2v) is 6.43. The first-order valence-corrected chi connectivity index (χ1v) is 6.72. The molecule has 1 fully saturated rings. The van der Waals surface area contributed by atoms with Gasteiger partial charge in [-0.1, -0.05) is 6.92 Å². The minimum Gasteiger partial charge on any atom is -0.323 e. The van der Waals surface area contributed by atoms with Crippen LogP contribution in [0.15, 0.2) is 10.5 Å². The van der Waals surface area contributed by atoms with E-state index >= 15 is 0 Å². The summed E-state index contributed by atoms with van der Waals surface area (Å²) in [6.07, 6.45) is 2.74. The van der Waals surface area contributed by atoms with Gasteiger partial charge in [-0.25, -0.2) is 0 Å². The van der Waals surface area contributed by atoms with Gasteiger partial charge >= 0.3 is 0 Å². The number of halogens is 1. The second-order valence-electron chi connectivity index (χ2n) is 4.29. The van der Waals surface area contributed by atoms with E-state index in [0.717, 1.165) is 5.92 Å². The maximum atomic E-state index is 6.27. The number of rotatable bonds is 3. The van der Waals surface area contributed by atoms with E-state index in [-0.39, 0.29) is 6.04 Å². The molecule has 0 radical (unpaired) electrons. The minimum atomic E-state index is 0.218. The zero-order valence-electron chi connectivity index (χ0n) is 8.59. The first-order chi connectivity index (χ1) is 6.59. The molecule has 2 N–H and O–H groups in total. The van der Waals surface area contributed by atoms with E-state index in [9.17, 15) is 0 Å². The van der Waals surface area contributed by atoms with Crippen LogP contribution in [0.25, 0.3) is 0 Å². The van der Waals surface area contributed by atoms with Crippen molar-refractivity contribution in [3.8, 4) is 0 Å². The molecular weight excluding hydrogens is 258 g/mol. The van der Waals surface area contributed by atoms with Crippen LogP contribution in [-0.4, -0.2) is 0 Å². The highest BCUT2D eigenvalue weighted by atomic mass is 79.9. The van der Waals surface area contributed by atoms with Gasteiger partial charge in [-0.05, 0) is 53.6 Å². The Morgan fingerprint density at radius 2 is 2.21 bits per heavy atom.